The van der Waals surface area contributed by atoms with E-state index in [-0.39, 0.29) is 17.9 Å². The Balaban J connectivity index is 1.74. The lowest BCUT2D eigenvalue weighted by Crippen LogP contribution is -2.14. The molecular weight excluding hydrogens is 357 g/mol. The van der Waals surface area contributed by atoms with Crippen LogP contribution in [-0.2, 0) is 12.8 Å². The quantitative estimate of drug-likeness (QED) is 0.691. The molecule has 1 heterocycles. The standard InChI is InChI=1S/C20H15F3N2O2/c21-20(22,23)15-6-3-5-14(11-15)13-27-18-9-2-1-8-17(18)19(26)25-16-7-4-10-24-12-16/h1-12H,13H2,(H,25,26). The molecule has 1 N–H and O–H groups in total. The fourth-order valence-electron chi connectivity index (χ4n) is 2.41. The Morgan fingerprint density at radius 2 is 1.85 bits per heavy atom. The predicted molar refractivity (Wildman–Crippen MR) is 94.4 cm³/mol. The van der Waals surface area contributed by atoms with Crippen LogP contribution in [0.4, 0.5) is 18.9 Å². The fraction of sp³-hybridized carbons (Fsp3) is 0.100. The fourth-order valence-corrected chi connectivity index (χ4v) is 2.41. The topological polar surface area (TPSA) is 51.2 Å². The zero-order valence-corrected chi connectivity index (χ0v) is 14.0. The van der Waals surface area contributed by atoms with E-state index in [4.69, 9.17) is 4.74 Å². The number of nitrogens with zero attached hydrogens (tertiary/aromatic N) is 1. The summed E-state index contributed by atoms with van der Waals surface area (Å²) in [5.74, 6) is -0.126. The van der Waals surface area contributed by atoms with Crippen molar-refractivity contribution in [3.63, 3.8) is 0 Å². The predicted octanol–water partition coefficient (Wildman–Crippen LogP) is 4.93. The number of ether oxygens (including phenoxy) is 1. The molecule has 0 aliphatic rings. The van der Waals surface area contributed by atoms with Crippen molar-refractivity contribution in [2.45, 2.75) is 12.8 Å². The van der Waals surface area contributed by atoms with Crippen molar-refractivity contribution in [1.29, 1.82) is 0 Å². The van der Waals surface area contributed by atoms with Gasteiger partial charge in [-0.05, 0) is 42.0 Å². The Bertz CT molecular complexity index is 928. The van der Waals surface area contributed by atoms with E-state index < -0.39 is 17.6 Å². The van der Waals surface area contributed by atoms with Crippen molar-refractivity contribution in [2.24, 2.45) is 0 Å². The van der Waals surface area contributed by atoms with Crippen LogP contribution in [0.2, 0.25) is 0 Å². The molecule has 7 heteroatoms. The Kier molecular flexibility index (Phi) is 5.40. The van der Waals surface area contributed by atoms with Gasteiger partial charge in [0.25, 0.3) is 5.91 Å². The molecule has 0 aliphatic carbocycles. The van der Waals surface area contributed by atoms with E-state index in [1.165, 1.54) is 18.3 Å². The molecule has 4 nitrogen and oxygen atoms in total. The average Bonchev–Trinajstić information content (AvgIpc) is 2.67. The van der Waals surface area contributed by atoms with E-state index in [2.05, 4.69) is 10.3 Å². The van der Waals surface area contributed by atoms with Crippen molar-refractivity contribution in [1.82, 2.24) is 4.98 Å². The number of aromatic nitrogens is 1. The number of nitrogens with one attached hydrogen (secondary N) is 1. The van der Waals surface area contributed by atoms with Crippen LogP contribution in [0.25, 0.3) is 0 Å². The minimum atomic E-state index is -4.42. The maximum absolute atomic E-state index is 12.8. The largest absolute Gasteiger partial charge is 0.488 e. The zero-order chi connectivity index (χ0) is 19.3. The van der Waals surface area contributed by atoms with Gasteiger partial charge in [-0.3, -0.25) is 9.78 Å². The zero-order valence-electron chi connectivity index (χ0n) is 14.0. The molecule has 3 aromatic rings. The maximum Gasteiger partial charge on any atom is 0.416 e. The summed E-state index contributed by atoms with van der Waals surface area (Å²) in [5, 5.41) is 2.70. The highest BCUT2D eigenvalue weighted by Crippen LogP contribution is 2.30. The summed E-state index contributed by atoms with van der Waals surface area (Å²) in [5.41, 5.74) is 0.405. The first-order chi connectivity index (χ1) is 12.9. The molecule has 3 rings (SSSR count). The van der Waals surface area contributed by atoms with Crippen LogP contribution in [0.1, 0.15) is 21.5 Å². The van der Waals surface area contributed by atoms with E-state index in [1.54, 1.807) is 42.6 Å². The molecule has 2 aromatic carbocycles. The van der Waals surface area contributed by atoms with Gasteiger partial charge in [0.05, 0.1) is 23.0 Å². The highest BCUT2D eigenvalue weighted by Gasteiger charge is 2.30. The van der Waals surface area contributed by atoms with Gasteiger partial charge in [0.2, 0.25) is 0 Å². The molecule has 0 spiro atoms. The molecule has 0 radical (unpaired) electrons. The summed E-state index contributed by atoms with van der Waals surface area (Å²) >= 11 is 0. The average molecular weight is 372 g/mol. The summed E-state index contributed by atoms with van der Waals surface area (Å²) in [6.07, 6.45) is -1.33. The lowest BCUT2D eigenvalue weighted by Gasteiger charge is -2.13. The summed E-state index contributed by atoms with van der Waals surface area (Å²) in [7, 11) is 0. The van der Waals surface area contributed by atoms with Gasteiger partial charge in [-0.1, -0.05) is 24.3 Å². The van der Waals surface area contributed by atoms with E-state index in [0.29, 0.717) is 11.3 Å². The number of halogens is 3. The smallest absolute Gasteiger partial charge is 0.416 e. The third-order valence-electron chi connectivity index (χ3n) is 3.70. The van der Waals surface area contributed by atoms with Gasteiger partial charge in [0.1, 0.15) is 12.4 Å². The lowest BCUT2D eigenvalue weighted by molar-refractivity contribution is -0.137. The highest BCUT2D eigenvalue weighted by molar-refractivity contribution is 6.06. The molecule has 0 fully saturated rings. The third-order valence-corrected chi connectivity index (χ3v) is 3.70. The number of anilines is 1. The molecule has 0 saturated carbocycles. The number of para-hydroxylation sites is 1. The number of hydrogen-bond acceptors (Lipinski definition) is 3. The van der Waals surface area contributed by atoms with Crippen LogP contribution in [-0.4, -0.2) is 10.9 Å². The van der Waals surface area contributed by atoms with Crippen LogP contribution in [0.15, 0.2) is 73.1 Å². The van der Waals surface area contributed by atoms with Gasteiger partial charge in [-0.2, -0.15) is 13.2 Å². The van der Waals surface area contributed by atoms with Gasteiger partial charge < -0.3 is 10.1 Å². The summed E-state index contributed by atoms with van der Waals surface area (Å²) in [4.78, 5) is 16.4. The van der Waals surface area contributed by atoms with Crippen LogP contribution in [0, 0.1) is 0 Å². The molecule has 1 amide bonds. The summed E-state index contributed by atoms with van der Waals surface area (Å²) in [6.45, 7) is -0.0961. The Morgan fingerprint density at radius 1 is 1.04 bits per heavy atom. The van der Waals surface area contributed by atoms with Crippen molar-refractivity contribution in [3.05, 3.63) is 89.7 Å². The van der Waals surface area contributed by atoms with Gasteiger partial charge in [0.15, 0.2) is 0 Å². The summed E-state index contributed by atoms with van der Waals surface area (Å²) in [6, 6.07) is 14.8. The number of amides is 1. The SMILES string of the molecule is O=C(Nc1cccnc1)c1ccccc1OCc1cccc(C(F)(F)F)c1. The second-order valence-electron chi connectivity index (χ2n) is 5.68. The summed E-state index contributed by atoms with van der Waals surface area (Å²) < 4.78 is 44.0. The van der Waals surface area contributed by atoms with E-state index in [1.807, 2.05) is 0 Å². The Hall–Kier alpha value is -3.35. The highest BCUT2D eigenvalue weighted by atomic mass is 19.4. The number of benzene rings is 2. The molecule has 1 aromatic heterocycles. The van der Waals surface area contributed by atoms with E-state index in [0.717, 1.165) is 12.1 Å². The maximum atomic E-state index is 12.8. The number of rotatable bonds is 5. The van der Waals surface area contributed by atoms with Crippen molar-refractivity contribution >= 4 is 11.6 Å². The van der Waals surface area contributed by atoms with Crippen LogP contribution in [0.3, 0.4) is 0 Å². The normalized spacial score (nSPS) is 11.1. The monoisotopic (exact) mass is 372 g/mol. The van der Waals surface area contributed by atoms with E-state index >= 15 is 0 Å². The molecule has 0 aliphatic heterocycles. The molecule has 27 heavy (non-hydrogen) atoms. The van der Waals surface area contributed by atoms with Crippen molar-refractivity contribution < 1.29 is 22.7 Å². The number of alkyl halides is 3. The molecule has 0 atom stereocenters. The van der Waals surface area contributed by atoms with Crippen LogP contribution in [0.5, 0.6) is 5.75 Å². The van der Waals surface area contributed by atoms with Gasteiger partial charge in [-0.25, -0.2) is 0 Å². The van der Waals surface area contributed by atoms with Crippen LogP contribution < -0.4 is 10.1 Å². The molecule has 0 saturated heterocycles. The first-order valence-electron chi connectivity index (χ1n) is 8.03. The van der Waals surface area contributed by atoms with E-state index in [9.17, 15) is 18.0 Å². The van der Waals surface area contributed by atoms with Crippen LogP contribution >= 0.6 is 0 Å². The van der Waals surface area contributed by atoms with Gasteiger partial charge >= 0.3 is 6.18 Å². The second kappa shape index (κ2) is 7.90. The minimum Gasteiger partial charge on any atom is -0.488 e. The van der Waals surface area contributed by atoms with Crippen molar-refractivity contribution in [3.8, 4) is 5.75 Å². The molecular formula is C20H15F3N2O2. The molecule has 138 valence electrons. The number of pyridine rings is 1. The molecule has 0 unspecified atom stereocenters. The molecule has 0 bridgehead atoms. The first kappa shape index (κ1) is 18.4. The van der Waals surface area contributed by atoms with Crippen molar-refractivity contribution in [2.75, 3.05) is 5.32 Å². The third kappa shape index (κ3) is 4.84. The van der Waals surface area contributed by atoms with Gasteiger partial charge in [0, 0.05) is 6.20 Å². The second-order valence-corrected chi connectivity index (χ2v) is 5.68. The number of carbonyl (C=O) groups excluding carboxylic acids is 1. The Morgan fingerprint density at radius 3 is 2.59 bits per heavy atom. The van der Waals surface area contributed by atoms with Gasteiger partial charge in [-0.15, -0.1) is 0 Å². The number of carbonyl (C=O) groups is 1. The Labute approximate surface area is 153 Å². The minimum absolute atomic E-state index is 0.0961. The lowest BCUT2D eigenvalue weighted by atomic mass is 10.1. The number of hydrogen-bond donors (Lipinski definition) is 1. The first-order valence-corrected chi connectivity index (χ1v) is 8.03.